The molecule has 1 heterocycles. The number of rotatable bonds is 4. The number of carbonyl (C=O) groups excluding carboxylic acids is 1. The van der Waals surface area contributed by atoms with Gasteiger partial charge in [0, 0.05) is 11.9 Å². The lowest BCUT2D eigenvalue weighted by Gasteiger charge is -2.29. The van der Waals surface area contributed by atoms with E-state index in [-0.39, 0.29) is 5.97 Å². The van der Waals surface area contributed by atoms with Crippen molar-refractivity contribution in [3.63, 3.8) is 0 Å². The standard InChI is InChI=1S/C14H20ClNO2/c1-10(7-8-15)14(13(17)18-2)9-11-5-3-4-6-12(11)16-14/h3,5,11-12,16H,1,4,6-9H2,2H3/t11-,12-,14-/m0/s1. The molecule has 0 radical (unpaired) electrons. The van der Waals surface area contributed by atoms with Crippen LogP contribution in [-0.4, -0.2) is 30.5 Å². The first-order valence-electron chi connectivity index (χ1n) is 6.41. The Morgan fingerprint density at radius 1 is 1.67 bits per heavy atom. The smallest absolute Gasteiger partial charge is 0.330 e. The Balaban J connectivity index is 2.25. The van der Waals surface area contributed by atoms with Crippen molar-refractivity contribution in [1.29, 1.82) is 0 Å². The molecule has 3 atom stereocenters. The lowest BCUT2D eigenvalue weighted by atomic mass is 9.82. The molecule has 1 saturated heterocycles. The second-order valence-corrected chi connectivity index (χ2v) is 5.44. The van der Waals surface area contributed by atoms with E-state index in [1.807, 2.05) is 0 Å². The van der Waals surface area contributed by atoms with Gasteiger partial charge in [0.2, 0.25) is 0 Å². The SMILES string of the molecule is C=C(CCCl)[C@]1(C(=O)OC)C[C@@H]2C=CCC[C@@H]2N1. The summed E-state index contributed by atoms with van der Waals surface area (Å²) >= 11 is 5.78. The van der Waals surface area contributed by atoms with Crippen LogP contribution in [0.15, 0.2) is 24.3 Å². The highest BCUT2D eigenvalue weighted by Gasteiger charge is 2.51. The van der Waals surface area contributed by atoms with Crippen molar-refractivity contribution < 1.29 is 9.53 Å². The normalized spacial score (nSPS) is 34.1. The Morgan fingerprint density at radius 3 is 3.06 bits per heavy atom. The molecule has 2 aliphatic rings. The number of carbonyl (C=O) groups is 1. The summed E-state index contributed by atoms with van der Waals surface area (Å²) in [4.78, 5) is 12.2. The highest BCUT2D eigenvalue weighted by Crippen LogP contribution is 2.40. The first-order chi connectivity index (χ1) is 8.64. The number of alkyl halides is 1. The van der Waals surface area contributed by atoms with Gasteiger partial charge in [0.05, 0.1) is 7.11 Å². The van der Waals surface area contributed by atoms with Gasteiger partial charge in [0.1, 0.15) is 5.54 Å². The number of allylic oxidation sites excluding steroid dienone is 1. The summed E-state index contributed by atoms with van der Waals surface area (Å²) in [6, 6.07) is 0.348. The summed E-state index contributed by atoms with van der Waals surface area (Å²) in [5.74, 6) is 0.634. The van der Waals surface area contributed by atoms with E-state index in [0.29, 0.717) is 24.3 Å². The molecule has 0 spiro atoms. The number of nitrogens with one attached hydrogen (secondary N) is 1. The monoisotopic (exact) mass is 269 g/mol. The fraction of sp³-hybridized carbons (Fsp3) is 0.643. The maximum atomic E-state index is 12.2. The largest absolute Gasteiger partial charge is 0.467 e. The highest BCUT2D eigenvalue weighted by molar-refractivity contribution is 6.18. The third-order valence-corrected chi connectivity index (χ3v) is 4.24. The minimum atomic E-state index is -0.742. The molecule has 0 saturated carbocycles. The Kier molecular flexibility index (Phi) is 4.13. The van der Waals surface area contributed by atoms with Crippen LogP contribution in [0.4, 0.5) is 0 Å². The number of hydrogen-bond donors (Lipinski definition) is 1. The Hall–Kier alpha value is -0.800. The summed E-state index contributed by atoms with van der Waals surface area (Å²) in [7, 11) is 1.43. The topological polar surface area (TPSA) is 38.3 Å². The summed E-state index contributed by atoms with van der Waals surface area (Å²) in [5.41, 5.74) is 0.0975. The van der Waals surface area contributed by atoms with Gasteiger partial charge in [-0.15, -0.1) is 11.6 Å². The van der Waals surface area contributed by atoms with E-state index < -0.39 is 5.54 Å². The molecule has 0 unspecified atom stereocenters. The van der Waals surface area contributed by atoms with Crippen LogP contribution in [0.5, 0.6) is 0 Å². The number of fused-ring (bicyclic) bond motifs is 1. The van der Waals surface area contributed by atoms with Crippen molar-refractivity contribution in [1.82, 2.24) is 5.32 Å². The maximum Gasteiger partial charge on any atom is 0.330 e. The fourth-order valence-corrected chi connectivity index (χ4v) is 3.28. The van der Waals surface area contributed by atoms with Gasteiger partial charge in [0.15, 0.2) is 0 Å². The van der Waals surface area contributed by atoms with Crippen LogP contribution in [0, 0.1) is 5.92 Å². The molecule has 1 N–H and O–H groups in total. The molecule has 0 amide bonds. The fourth-order valence-electron chi connectivity index (χ4n) is 3.05. The van der Waals surface area contributed by atoms with Crippen LogP contribution in [-0.2, 0) is 9.53 Å². The Morgan fingerprint density at radius 2 is 2.44 bits per heavy atom. The zero-order valence-corrected chi connectivity index (χ0v) is 11.5. The van der Waals surface area contributed by atoms with Crippen molar-refractivity contribution in [2.75, 3.05) is 13.0 Å². The summed E-state index contributed by atoms with van der Waals surface area (Å²) in [6.45, 7) is 4.05. The molecular weight excluding hydrogens is 250 g/mol. The zero-order chi connectivity index (χ0) is 13.2. The second kappa shape index (κ2) is 5.45. The Bertz CT molecular complexity index is 380. The van der Waals surface area contributed by atoms with E-state index in [1.165, 1.54) is 7.11 Å². The van der Waals surface area contributed by atoms with E-state index in [4.69, 9.17) is 16.3 Å². The van der Waals surface area contributed by atoms with Crippen LogP contribution < -0.4 is 5.32 Å². The van der Waals surface area contributed by atoms with Crippen LogP contribution in [0.25, 0.3) is 0 Å². The third-order valence-electron chi connectivity index (χ3n) is 4.05. The van der Waals surface area contributed by atoms with Crippen LogP contribution in [0.2, 0.25) is 0 Å². The van der Waals surface area contributed by atoms with Gasteiger partial charge in [-0.1, -0.05) is 18.7 Å². The van der Waals surface area contributed by atoms with E-state index in [2.05, 4.69) is 24.0 Å². The lowest BCUT2D eigenvalue weighted by Crippen LogP contribution is -2.52. The molecule has 0 aromatic heterocycles. The molecule has 0 aromatic carbocycles. The van der Waals surface area contributed by atoms with Crippen molar-refractivity contribution in [3.8, 4) is 0 Å². The molecule has 0 bridgehead atoms. The number of halogens is 1. The van der Waals surface area contributed by atoms with E-state index >= 15 is 0 Å². The van der Waals surface area contributed by atoms with Gasteiger partial charge in [-0.25, -0.2) is 4.79 Å². The minimum Gasteiger partial charge on any atom is -0.467 e. The van der Waals surface area contributed by atoms with E-state index in [0.717, 1.165) is 24.8 Å². The highest BCUT2D eigenvalue weighted by atomic mass is 35.5. The minimum absolute atomic E-state index is 0.236. The average molecular weight is 270 g/mol. The van der Waals surface area contributed by atoms with Crippen molar-refractivity contribution in [3.05, 3.63) is 24.3 Å². The van der Waals surface area contributed by atoms with Crippen molar-refractivity contribution in [2.24, 2.45) is 5.92 Å². The first kappa shape index (κ1) is 13.6. The predicted octanol–water partition coefficient (Wildman–Crippen LogP) is 2.41. The van der Waals surface area contributed by atoms with Gasteiger partial charge < -0.3 is 4.74 Å². The third kappa shape index (κ3) is 2.21. The maximum absolute atomic E-state index is 12.2. The van der Waals surface area contributed by atoms with Crippen LogP contribution >= 0.6 is 11.6 Å². The summed E-state index contributed by atoms with van der Waals surface area (Å²) in [5, 5.41) is 3.46. The van der Waals surface area contributed by atoms with Crippen molar-refractivity contribution >= 4 is 17.6 Å². The molecule has 3 nitrogen and oxygen atoms in total. The second-order valence-electron chi connectivity index (χ2n) is 5.06. The van der Waals surface area contributed by atoms with Crippen LogP contribution in [0.1, 0.15) is 25.7 Å². The average Bonchev–Trinajstić information content (AvgIpc) is 2.78. The summed E-state index contributed by atoms with van der Waals surface area (Å²) < 4.78 is 4.98. The molecule has 1 aliphatic heterocycles. The lowest BCUT2D eigenvalue weighted by molar-refractivity contribution is -0.146. The number of ether oxygens (including phenoxy) is 1. The Labute approximate surface area is 113 Å². The molecular formula is C14H20ClNO2. The molecule has 100 valence electrons. The van der Waals surface area contributed by atoms with Gasteiger partial charge in [-0.05, 0) is 37.2 Å². The number of hydrogen-bond acceptors (Lipinski definition) is 3. The number of esters is 1. The van der Waals surface area contributed by atoms with Crippen LogP contribution in [0.3, 0.4) is 0 Å². The summed E-state index contributed by atoms with van der Waals surface area (Å²) in [6.07, 6.45) is 7.89. The van der Waals surface area contributed by atoms with Gasteiger partial charge in [-0.3, -0.25) is 5.32 Å². The first-order valence-corrected chi connectivity index (χ1v) is 6.94. The zero-order valence-electron chi connectivity index (χ0n) is 10.7. The van der Waals surface area contributed by atoms with E-state index in [9.17, 15) is 4.79 Å². The van der Waals surface area contributed by atoms with Gasteiger partial charge >= 0.3 is 5.97 Å². The molecule has 4 heteroatoms. The molecule has 18 heavy (non-hydrogen) atoms. The molecule has 2 rings (SSSR count). The number of methoxy groups -OCH3 is 1. The quantitative estimate of drug-likeness (QED) is 0.484. The molecule has 0 aromatic rings. The molecule has 1 fully saturated rings. The van der Waals surface area contributed by atoms with Gasteiger partial charge in [0.25, 0.3) is 0 Å². The molecule has 1 aliphatic carbocycles. The predicted molar refractivity (Wildman–Crippen MR) is 72.6 cm³/mol. The van der Waals surface area contributed by atoms with E-state index in [1.54, 1.807) is 0 Å². The van der Waals surface area contributed by atoms with Gasteiger partial charge in [-0.2, -0.15) is 0 Å². The van der Waals surface area contributed by atoms with Crippen molar-refractivity contribution in [2.45, 2.75) is 37.3 Å².